The maximum Gasteiger partial charge on any atom is 0.351 e. The van der Waals surface area contributed by atoms with Crippen molar-refractivity contribution in [3.8, 4) is 5.75 Å². The molecule has 49 heavy (non-hydrogen) atoms. The predicted octanol–water partition coefficient (Wildman–Crippen LogP) is 6.85. The number of carbonyl (C=O) groups excluding carboxylic acids is 4. The van der Waals surface area contributed by atoms with Crippen LogP contribution in [0.1, 0.15) is 104 Å². The van der Waals surface area contributed by atoms with Gasteiger partial charge in [0.2, 0.25) is 16.6 Å². The molecule has 2 saturated carbocycles. The van der Waals surface area contributed by atoms with Crippen LogP contribution in [0.15, 0.2) is 18.2 Å². The van der Waals surface area contributed by atoms with Crippen LogP contribution in [-0.2, 0) is 38.1 Å². The van der Waals surface area contributed by atoms with Gasteiger partial charge < -0.3 is 28.1 Å². The van der Waals surface area contributed by atoms with Crippen molar-refractivity contribution in [1.29, 1.82) is 0 Å². The van der Waals surface area contributed by atoms with Gasteiger partial charge in [-0.05, 0) is 105 Å². The Balaban J connectivity index is 1.43. The summed E-state index contributed by atoms with van der Waals surface area (Å²) in [5.74, 6) is -2.07. The highest BCUT2D eigenvalue weighted by Crippen LogP contribution is 2.68. The minimum atomic E-state index is -1.62. The first-order valence-electron chi connectivity index (χ1n) is 16.5. The van der Waals surface area contributed by atoms with E-state index in [-0.39, 0.29) is 50.8 Å². The van der Waals surface area contributed by atoms with Gasteiger partial charge in [0.25, 0.3) is 0 Å². The van der Waals surface area contributed by atoms with Crippen molar-refractivity contribution >= 4 is 66.7 Å². The smallest absolute Gasteiger partial charge is 0.351 e. The van der Waals surface area contributed by atoms with E-state index in [1.165, 1.54) is 0 Å². The SMILES string of the molecule is Cc1oc2c3c(c(Br)c(C)c2c(=O)c1Br)OC(C)(C)[C@H](OC(=O)[C@@]12CC[C@@](C)(C(=O)O1)C2(C)C)[C@@H]3OC(=O)[C@@]12CC[C@@](C)(C(=O)O1)C2(C)C. The molecule has 4 bridgehead atoms. The molecule has 2 saturated heterocycles. The summed E-state index contributed by atoms with van der Waals surface area (Å²) in [7, 11) is 0. The van der Waals surface area contributed by atoms with Crippen LogP contribution in [0.25, 0.3) is 11.0 Å². The average Bonchev–Trinajstić information content (AvgIpc) is 3.48. The van der Waals surface area contributed by atoms with Crippen LogP contribution in [-0.4, -0.2) is 46.8 Å². The number of fused-ring (bicyclic) bond motifs is 7. The second kappa shape index (κ2) is 9.89. The summed E-state index contributed by atoms with van der Waals surface area (Å²) in [6.07, 6.45) is -1.44. The Morgan fingerprint density at radius 3 is 1.65 bits per heavy atom. The topological polar surface area (TPSA) is 145 Å². The van der Waals surface area contributed by atoms with Crippen molar-refractivity contribution in [3.05, 3.63) is 36.1 Å². The molecule has 5 aliphatic rings. The lowest BCUT2D eigenvalue weighted by atomic mass is 9.66. The summed E-state index contributed by atoms with van der Waals surface area (Å²) in [4.78, 5) is 69.1. The molecule has 4 fully saturated rings. The average molecular weight is 809 g/mol. The molecule has 0 unspecified atom stereocenters. The van der Waals surface area contributed by atoms with Crippen LogP contribution in [0, 0.1) is 35.5 Å². The molecule has 0 N–H and O–H groups in total. The summed E-state index contributed by atoms with van der Waals surface area (Å²) in [5, 5.41) is 0.202. The molecule has 1 aromatic heterocycles. The molecule has 0 spiro atoms. The molecule has 3 aliphatic heterocycles. The third-order valence-corrected chi connectivity index (χ3v) is 15.4. The number of hydrogen-bond donors (Lipinski definition) is 0. The lowest BCUT2D eigenvalue weighted by molar-refractivity contribution is -0.217. The van der Waals surface area contributed by atoms with Gasteiger partial charge >= 0.3 is 23.9 Å². The number of esters is 4. The van der Waals surface area contributed by atoms with Gasteiger partial charge in [-0.2, -0.15) is 0 Å². The van der Waals surface area contributed by atoms with Crippen molar-refractivity contribution in [3.63, 3.8) is 0 Å². The highest BCUT2D eigenvalue weighted by atomic mass is 79.9. The van der Waals surface area contributed by atoms with Gasteiger partial charge in [-0.3, -0.25) is 14.4 Å². The Morgan fingerprint density at radius 1 is 0.714 bits per heavy atom. The Kier molecular flexibility index (Phi) is 6.97. The van der Waals surface area contributed by atoms with Crippen LogP contribution in [0.4, 0.5) is 0 Å². The third kappa shape index (κ3) is 3.81. The summed E-state index contributed by atoms with van der Waals surface area (Å²) in [6.45, 7) is 17.6. The van der Waals surface area contributed by atoms with Crippen LogP contribution in [0.2, 0.25) is 0 Å². The van der Waals surface area contributed by atoms with Crippen LogP contribution >= 0.6 is 31.9 Å². The van der Waals surface area contributed by atoms with Gasteiger partial charge in [0.15, 0.2) is 12.2 Å². The normalized spacial score (nSPS) is 35.8. The van der Waals surface area contributed by atoms with Gasteiger partial charge in [-0.15, -0.1) is 0 Å². The standard InChI is InChI=1S/C36H40Br2O11/c1-15-17-21(39)20(38)16(2)44-22(17)18-23(19(15)37)47-30(3,4)25(46-29(43)36-14-12-34(10,27(41)49-36)32(36,7)8)24(18)45-28(42)35-13-11-33(9,26(40)48-35)31(35,5)6/h24-25H,11-14H2,1-10H3/t24-,25-,33+,34+,35-,36-/m1/s1. The molecular formula is C36H40Br2O11. The van der Waals surface area contributed by atoms with E-state index in [9.17, 15) is 24.0 Å². The fourth-order valence-corrected chi connectivity index (χ4v) is 9.77. The minimum Gasteiger partial charge on any atom is -0.482 e. The number of benzene rings is 1. The summed E-state index contributed by atoms with van der Waals surface area (Å²) in [6, 6.07) is 0. The third-order valence-electron chi connectivity index (χ3n) is 13.5. The van der Waals surface area contributed by atoms with Gasteiger partial charge in [-0.1, -0.05) is 27.7 Å². The number of ether oxygens (including phenoxy) is 5. The van der Waals surface area contributed by atoms with E-state index in [1.54, 1.807) is 41.5 Å². The zero-order valence-corrected chi connectivity index (χ0v) is 32.4. The first kappa shape index (κ1) is 34.5. The van der Waals surface area contributed by atoms with E-state index in [1.807, 2.05) is 27.7 Å². The molecule has 6 atom stereocenters. The van der Waals surface area contributed by atoms with Crippen LogP contribution in [0.5, 0.6) is 5.75 Å². The fraction of sp³-hybridized carbons (Fsp3) is 0.639. The van der Waals surface area contributed by atoms with Crippen molar-refractivity contribution in [2.75, 3.05) is 0 Å². The Bertz CT molecular complexity index is 1990. The molecular weight excluding hydrogens is 768 g/mol. The lowest BCUT2D eigenvalue weighted by Crippen LogP contribution is -2.58. The van der Waals surface area contributed by atoms with Crippen LogP contribution in [0.3, 0.4) is 0 Å². The highest BCUT2D eigenvalue weighted by Gasteiger charge is 2.78. The Labute approximate surface area is 300 Å². The zero-order chi connectivity index (χ0) is 36.2. The van der Waals surface area contributed by atoms with Crippen molar-refractivity contribution in [1.82, 2.24) is 0 Å². The van der Waals surface area contributed by atoms with E-state index in [0.29, 0.717) is 22.9 Å². The second-order valence-corrected chi connectivity index (χ2v) is 18.0. The van der Waals surface area contributed by atoms with Gasteiger partial charge in [0.1, 0.15) is 27.2 Å². The number of carbonyl (C=O) groups is 4. The minimum absolute atomic E-state index is 0.0893. The number of aryl methyl sites for hydroxylation is 2. The molecule has 2 aliphatic carbocycles. The Hall–Kier alpha value is -2.93. The highest BCUT2D eigenvalue weighted by molar-refractivity contribution is 9.11. The van der Waals surface area contributed by atoms with E-state index in [2.05, 4.69) is 31.9 Å². The van der Waals surface area contributed by atoms with Gasteiger partial charge in [0, 0.05) is 10.8 Å². The molecule has 7 rings (SSSR count). The molecule has 4 heterocycles. The number of hydrogen-bond acceptors (Lipinski definition) is 11. The monoisotopic (exact) mass is 806 g/mol. The zero-order valence-electron chi connectivity index (χ0n) is 29.2. The molecule has 1 aromatic carbocycles. The maximum atomic E-state index is 14.6. The van der Waals surface area contributed by atoms with E-state index in [0.717, 1.165) is 0 Å². The molecule has 13 heteroatoms. The first-order valence-corrected chi connectivity index (χ1v) is 18.1. The molecule has 11 nitrogen and oxygen atoms in total. The maximum absolute atomic E-state index is 14.6. The van der Waals surface area contributed by atoms with E-state index in [4.69, 9.17) is 28.1 Å². The summed E-state index contributed by atoms with van der Waals surface area (Å²) < 4.78 is 38.1. The van der Waals surface area contributed by atoms with Gasteiger partial charge in [-0.25, -0.2) is 9.59 Å². The molecule has 264 valence electrons. The quantitative estimate of drug-likeness (QED) is 0.236. The summed E-state index contributed by atoms with van der Waals surface area (Å²) in [5.41, 5.74) is -7.82. The van der Waals surface area contributed by atoms with E-state index < -0.39 is 74.5 Å². The van der Waals surface area contributed by atoms with Crippen molar-refractivity contribution in [2.45, 2.75) is 124 Å². The van der Waals surface area contributed by atoms with Crippen molar-refractivity contribution < 1.29 is 47.3 Å². The van der Waals surface area contributed by atoms with Gasteiger partial charge in [0.05, 0.1) is 26.3 Å². The first-order chi connectivity index (χ1) is 22.5. The fourth-order valence-electron chi connectivity index (χ4n) is 9.00. The molecule has 0 amide bonds. The Morgan fingerprint density at radius 2 is 1.20 bits per heavy atom. The predicted molar refractivity (Wildman–Crippen MR) is 181 cm³/mol. The van der Waals surface area contributed by atoms with Crippen LogP contribution < -0.4 is 10.2 Å². The largest absolute Gasteiger partial charge is 0.482 e. The van der Waals surface area contributed by atoms with Crippen molar-refractivity contribution in [2.24, 2.45) is 21.7 Å². The number of rotatable bonds is 4. The number of halogens is 2. The summed E-state index contributed by atoms with van der Waals surface area (Å²) >= 11 is 6.96. The molecule has 2 aromatic rings. The van der Waals surface area contributed by atoms with E-state index >= 15 is 0 Å². The lowest BCUT2D eigenvalue weighted by Gasteiger charge is -2.46. The second-order valence-electron chi connectivity index (χ2n) is 16.4. The molecule has 0 radical (unpaired) electrons.